The number of amides is 2. The zero-order valence-electron chi connectivity index (χ0n) is 17.0. The molecule has 3 N–H and O–H groups in total. The number of nitrogens with two attached hydrogens (primary N) is 1. The van der Waals surface area contributed by atoms with Crippen molar-refractivity contribution in [1.29, 1.82) is 0 Å². The number of thiophene rings is 1. The van der Waals surface area contributed by atoms with Crippen molar-refractivity contribution in [2.75, 3.05) is 19.5 Å². The first-order valence-corrected chi connectivity index (χ1v) is 9.96. The fraction of sp³-hybridized carbons (Fsp3) is 0.300. The van der Waals surface area contributed by atoms with Gasteiger partial charge in [-0.05, 0) is 31.0 Å². The molecule has 10 heteroatoms. The number of methoxy groups -OCH3 is 2. The van der Waals surface area contributed by atoms with E-state index in [-0.39, 0.29) is 4.88 Å². The molecule has 2 amide bonds. The van der Waals surface area contributed by atoms with Crippen LogP contribution in [0.2, 0.25) is 0 Å². The zero-order chi connectivity index (χ0) is 22.0. The van der Waals surface area contributed by atoms with Gasteiger partial charge in [-0.15, -0.1) is 11.3 Å². The van der Waals surface area contributed by atoms with Gasteiger partial charge in [0.05, 0.1) is 36.5 Å². The summed E-state index contributed by atoms with van der Waals surface area (Å²) in [6, 6.07) is 4.20. The van der Waals surface area contributed by atoms with Gasteiger partial charge in [-0.2, -0.15) is 0 Å². The zero-order valence-corrected chi connectivity index (χ0v) is 17.8. The minimum Gasteiger partial charge on any atom is -0.497 e. The summed E-state index contributed by atoms with van der Waals surface area (Å²) in [5.74, 6) is -0.0151. The Balaban J connectivity index is 2.02. The lowest BCUT2D eigenvalue weighted by Gasteiger charge is -2.19. The van der Waals surface area contributed by atoms with Crippen LogP contribution in [0.5, 0.6) is 11.5 Å². The lowest BCUT2D eigenvalue weighted by atomic mass is 10.1. The molecule has 0 aliphatic heterocycles. The van der Waals surface area contributed by atoms with Gasteiger partial charge in [0.2, 0.25) is 5.91 Å². The third kappa shape index (κ3) is 3.73. The molecule has 30 heavy (non-hydrogen) atoms. The van der Waals surface area contributed by atoms with Crippen LogP contribution in [-0.4, -0.2) is 35.6 Å². The van der Waals surface area contributed by atoms with Crippen LogP contribution < -0.4 is 26.1 Å². The van der Waals surface area contributed by atoms with Crippen molar-refractivity contribution in [3.05, 3.63) is 45.3 Å². The van der Waals surface area contributed by atoms with Crippen LogP contribution >= 0.6 is 11.3 Å². The monoisotopic (exact) mass is 430 g/mol. The average molecular weight is 430 g/mol. The maximum absolute atomic E-state index is 13.1. The van der Waals surface area contributed by atoms with E-state index in [1.165, 1.54) is 25.1 Å². The second-order valence-corrected chi connectivity index (χ2v) is 7.54. The molecule has 0 bridgehead atoms. The van der Waals surface area contributed by atoms with Gasteiger partial charge in [-0.25, -0.2) is 4.98 Å². The molecular weight excluding hydrogens is 408 g/mol. The number of ether oxygens (including phenoxy) is 2. The first-order chi connectivity index (χ1) is 14.3. The molecule has 0 aliphatic carbocycles. The number of primary amides is 1. The van der Waals surface area contributed by atoms with E-state index in [1.807, 2.05) is 0 Å². The largest absolute Gasteiger partial charge is 0.497 e. The lowest BCUT2D eigenvalue weighted by molar-refractivity contribution is -0.119. The Kier molecular flexibility index (Phi) is 6.06. The summed E-state index contributed by atoms with van der Waals surface area (Å²) >= 11 is 1.06. The first-order valence-electron chi connectivity index (χ1n) is 9.15. The van der Waals surface area contributed by atoms with Gasteiger partial charge in [0.25, 0.3) is 11.5 Å². The van der Waals surface area contributed by atoms with Crippen LogP contribution in [0.25, 0.3) is 10.2 Å². The molecule has 2 aromatic heterocycles. The summed E-state index contributed by atoms with van der Waals surface area (Å²) in [5.41, 5.74) is 5.88. The molecule has 9 nitrogen and oxygen atoms in total. The number of aryl methyl sites for hydroxylation is 1. The number of carbonyl (C=O) groups excluding carboxylic acids is 2. The molecule has 0 saturated carbocycles. The van der Waals surface area contributed by atoms with E-state index in [2.05, 4.69) is 10.3 Å². The molecule has 1 atom stereocenters. The second kappa shape index (κ2) is 8.54. The number of fused-ring (bicyclic) bond motifs is 1. The van der Waals surface area contributed by atoms with E-state index < -0.39 is 23.4 Å². The summed E-state index contributed by atoms with van der Waals surface area (Å²) in [4.78, 5) is 42.7. The Morgan fingerprint density at radius 2 is 2.03 bits per heavy atom. The highest BCUT2D eigenvalue weighted by Gasteiger charge is 2.24. The minimum atomic E-state index is -0.818. The van der Waals surface area contributed by atoms with Crippen molar-refractivity contribution in [3.8, 4) is 11.5 Å². The van der Waals surface area contributed by atoms with E-state index in [1.54, 1.807) is 32.0 Å². The molecule has 3 rings (SSSR count). The molecule has 0 saturated heterocycles. The predicted molar refractivity (Wildman–Crippen MR) is 115 cm³/mol. The van der Waals surface area contributed by atoms with E-state index in [9.17, 15) is 14.4 Å². The molecule has 0 radical (unpaired) electrons. The molecule has 0 spiro atoms. The van der Waals surface area contributed by atoms with Crippen LogP contribution in [-0.2, 0) is 4.79 Å². The van der Waals surface area contributed by atoms with Crippen LogP contribution in [0.1, 0.15) is 34.6 Å². The van der Waals surface area contributed by atoms with E-state index >= 15 is 0 Å². The second-order valence-electron chi connectivity index (χ2n) is 6.54. The summed E-state index contributed by atoms with van der Waals surface area (Å²) in [6.07, 6.45) is 1.67. The molecule has 1 aromatic carbocycles. The van der Waals surface area contributed by atoms with Crippen molar-refractivity contribution in [3.63, 3.8) is 0 Å². The number of anilines is 1. The van der Waals surface area contributed by atoms with Gasteiger partial charge in [-0.1, -0.05) is 6.92 Å². The van der Waals surface area contributed by atoms with Crippen LogP contribution in [0.4, 0.5) is 5.69 Å². The van der Waals surface area contributed by atoms with E-state index in [0.29, 0.717) is 39.4 Å². The standard InChI is InChI=1S/C20H22N4O5S/c1-5-13(18(26)23-12-8-11(28-3)6-7-14(12)29-4)24-9-22-19-15(20(24)27)10(2)16(30-19)17(21)25/h6-9,13H,5H2,1-4H3,(H2,21,25)(H,23,26). The highest BCUT2D eigenvalue weighted by atomic mass is 32.1. The maximum Gasteiger partial charge on any atom is 0.263 e. The Bertz CT molecular complexity index is 1180. The fourth-order valence-corrected chi connectivity index (χ4v) is 4.22. The topological polar surface area (TPSA) is 126 Å². The first kappa shape index (κ1) is 21.3. The van der Waals surface area contributed by atoms with Crippen molar-refractivity contribution in [1.82, 2.24) is 9.55 Å². The van der Waals surface area contributed by atoms with Crippen molar-refractivity contribution in [2.45, 2.75) is 26.3 Å². The van der Waals surface area contributed by atoms with Crippen LogP contribution in [0, 0.1) is 6.92 Å². The number of benzene rings is 1. The summed E-state index contributed by atoms with van der Waals surface area (Å²) in [7, 11) is 3.01. The third-order valence-electron chi connectivity index (χ3n) is 4.79. The van der Waals surface area contributed by atoms with Crippen LogP contribution in [0.3, 0.4) is 0 Å². The predicted octanol–water partition coefficient (Wildman–Crippen LogP) is 2.47. The highest BCUT2D eigenvalue weighted by molar-refractivity contribution is 7.20. The number of carbonyl (C=O) groups is 2. The normalized spacial score (nSPS) is 11.9. The minimum absolute atomic E-state index is 0.283. The molecule has 0 aliphatic rings. The van der Waals surface area contributed by atoms with Crippen molar-refractivity contribution < 1.29 is 19.1 Å². The third-order valence-corrected chi connectivity index (χ3v) is 6.00. The number of aromatic nitrogens is 2. The van der Waals surface area contributed by atoms with Gasteiger partial charge in [-0.3, -0.25) is 19.0 Å². The summed E-state index contributed by atoms with van der Waals surface area (Å²) in [5, 5.41) is 3.09. The van der Waals surface area contributed by atoms with Gasteiger partial charge in [0, 0.05) is 6.07 Å². The number of nitrogens with zero attached hydrogens (tertiary/aromatic N) is 2. The Morgan fingerprint density at radius 3 is 2.63 bits per heavy atom. The fourth-order valence-electron chi connectivity index (χ4n) is 3.23. The molecule has 0 fully saturated rings. The average Bonchev–Trinajstić information content (AvgIpc) is 3.07. The molecular formula is C20H22N4O5S. The van der Waals surface area contributed by atoms with Crippen molar-refractivity contribution in [2.24, 2.45) is 5.73 Å². The Hall–Kier alpha value is -3.40. The van der Waals surface area contributed by atoms with Gasteiger partial charge < -0.3 is 20.5 Å². The molecule has 3 aromatic rings. The highest BCUT2D eigenvalue weighted by Crippen LogP contribution is 2.30. The Morgan fingerprint density at radius 1 is 1.30 bits per heavy atom. The van der Waals surface area contributed by atoms with E-state index in [4.69, 9.17) is 15.2 Å². The quantitative estimate of drug-likeness (QED) is 0.593. The molecule has 158 valence electrons. The molecule has 2 heterocycles. The summed E-state index contributed by atoms with van der Waals surface area (Å²) in [6.45, 7) is 3.44. The lowest BCUT2D eigenvalue weighted by Crippen LogP contribution is -2.33. The van der Waals surface area contributed by atoms with Gasteiger partial charge in [0.1, 0.15) is 22.4 Å². The SMILES string of the molecule is CCC(C(=O)Nc1cc(OC)ccc1OC)n1cnc2sc(C(N)=O)c(C)c2c1=O. The van der Waals surface area contributed by atoms with E-state index in [0.717, 1.165) is 11.3 Å². The summed E-state index contributed by atoms with van der Waals surface area (Å²) < 4.78 is 11.8. The number of rotatable bonds is 7. The maximum atomic E-state index is 13.1. The number of nitrogens with one attached hydrogen (secondary N) is 1. The molecule has 1 unspecified atom stereocenters. The number of hydrogen-bond donors (Lipinski definition) is 2. The van der Waals surface area contributed by atoms with Crippen molar-refractivity contribution >= 4 is 39.1 Å². The Labute approximate surface area is 176 Å². The smallest absolute Gasteiger partial charge is 0.263 e. The van der Waals surface area contributed by atoms with Gasteiger partial charge >= 0.3 is 0 Å². The van der Waals surface area contributed by atoms with Gasteiger partial charge in [0.15, 0.2) is 0 Å². The van der Waals surface area contributed by atoms with Crippen LogP contribution in [0.15, 0.2) is 29.3 Å². The number of hydrogen-bond acceptors (Lipinski definition) is 7.